The molecular formula is C28H32ClN5O4. The third-order valence-corrected chi connectivity index (χ3v) is 6.77. The van der Waals surface area contributed by atoms with Crippen molar-refractivity contribution in [1.29, 1.82) is 0 Å². The molecule has 0 spiro atoms. The van der Waals surface area contributed by atoms with Gasteiger partial charge in [-0.05, 0) is 55.3 Å². The molecule has 200 valence electrons. The maximum atomic E-state index is 13.0. The fraction of sp³-hybridized carbons (Fsp3) is 0.286. The van der Waals surface area contributed by atoms with E-state index in [0.717, 1.165) is 16.8 Å². The van der Waals surface area contributed by atoms with Gasteiger partial charge in [-0.15, -0.1) is 0 Å². The fourth-order valence-electron chi connectivity index (χ4n) is 4.59. The second-order valence-corrected chi connectivity index (χ2v) is 9.60. The van der Waals surface area contributed by atoms with Crippen molar-refractivity contribution >= 4 is 28.9 Å². The molecule has 3 atom stereocenters. The van der Waals surface area contributed by atoms with Gasteiger partial charge in [0.05, 0.1) is 31.4 Å². The number of aliphatic imine (C=N–C) groups is 1. The van der Waals surface area contributed by atoms with E-state index in [1.165, 1.54) is 6.07 Å². The van der Waals surface area contributed by atoms with E-state index in [2.05, 4.69) is 5.32 Å². The number of fused-ring (bicyclic) bond motifs is 1. The number of anilines is 1. The lowest BCUT2D eigenvalue weighted by molar-refractivity contribution is -0.121. The molecule has 7 N–H and O–H groups in total. The second-order valence-electron chi connectivity index (χ2n) is 9.16. The molecule has 1 heterocycles. The van der Waals surface area contributed by atoms with Crippen molar-refractivity contribution in [2.75, 3.05) is 18.6 Å². The number of ether oxygens (including phenoxy) is 1. The normalized spacial score (nSPS) is 17.7. The summed E-state index contributed by atoms with van der Waals surface area (Å²) >= 11 is 6.14. The highest BCUT2D eigenvalue weighted by molar-refractivity contribution is 6.30. The van der Waals surface area contributed by atoms with Crippen LogP contribution in [0.5, 0.6) is 17.2 Å². The molecule has 0 radical (unpaired) electrons. The van der Waals surface area contributed by atoms with Gasteiger partial charge in [0.15, 0.2) is 11.5 Å². The number of nitrogens with two attached hydrogens (primary N) is 2. The van der Waals surface area contributed by atoms with Crippen molar-refractivity contribution in [3.05, 3.63) is 82.4 Å². The average molecular weight is 538 g/mol. The molecule has 0 bridgehead atoms. The summed E-state index contributed by atoms with van der Waals surface area (Å²) < 4.78 is 5.48. The quantitative estimate of drug-likeness (QED) is 0.277. The van der Waals surface area contributed by atoms with Crippen molar-refractivity contribution in [3.8, 4) is 17.2 Å². The van der Waals surface area contributed by atoms with E-state index in [-0.39, 0.29) is 30.4 Å². The van der Waals surface area contributed by atoms with Crippen LogP contribution in [-0.4, -0.2) is 53.9 Å². The van der Waals surface area contributed by atoms with Crippen molar-refractivity contribution in [1.82, 2.24) is 5.32 Å². The van der Waals surface area contributed by atoms with E-state index in [4.69, 9.17) is 32.8 Å². The first-order valence-electron chi connectivity index (χ1n) is 12.3. The molecule has 3 aromatic carbocycles. The lowest BCUT2D eigenvalue weighted by atomic mass is 9.99. The molecular weight excluding hydrogens is 506 g/mol. The molecule has 4 rings (SSSR count). The lowest BCUT2D eigenvalue weighted by Crippen LogP contribution is -2.56. The van der Waals surface area contributed by atoms with Gasteiger partial charge in [0, 0.05) is 28.4 Å². The number of hydrogen-bond acceptors (Lipinski definition) is 8. The number of carbonyl (C=O) groups is 1. The molecule has 0 saturated heterocycles. The Hall–Kier alpha value is -3.79. The highest BCUT2D eigenvalue weighted by atomic mass is 35.5. The summed E-state index contributed by atoms with van der Waals surface area (Å²) in [6.07, 6.45) is -0.790. The molecule has 1 aliphatic heterocycles. The van der Waals surface area contributed by atoms with Crippen molar-refractivity contribution in [3.63, 3.8) is 0 Å². The first-order chi connectivity index (χ1) is 18.2. The predicted molar refractivity (Wildman–Crippen MR) is 149 cm³/mol. The Kier molecular flexibility index (Phi) is 8.41. The third-order valence-electron chi connectivity index (χ3n) is 6.51. The van der Waals surface area contributed by atoms with Crippen LogP contribution in [0.1, 0.15) is 30.0 Å². The van der Waals surface area contributed by atoms with E-state index < -0.39 is 18.4 Å². The SMILES string of the molecule is COc1ccc2c(c1)C(c1ccc(Cl)cc1)=N[C@@H](CC(=O)NCCc1cccc(O)c1O)C(N)N2C(C)N. The van der Waals surface area contributed by atoms with E-state index in [9.17, 15) is 15.0 Å². The molecule has 10 heteroatoms. The van der Waals surface area contributed by atoms with E-state index in [1.807, 2.05) is 42.2 Å². The van der Waals surface area contributed by atoms with Crippen LogP contribution < -0.4 is 26.4 Å². The minimum absolute atomic E-state index is 0.0125. The van der Waals surface area contributed by atoms with Crippen LogP contribution in [0, 0.1) is 0 Å². The molecule has 0 aliphatic carbocycles. The Morgan fingerprint density at radius 3 is 2.61 bits per heavy atom. The summed E-state index contributed by atoms with van der Waals surface area (Å²) in [6, 6.07) is 17.0. The number of benzodiazepines with no additional fused rings is 1. The Bertz CT molecular complexity index is 1330. The van der Waals surface area contributed by atoms with Crippen LogP contribution >= 0.6 is 11.6 Å². The average Bonchev–Trinajstić information content (AvgIpc) is 3.01. The zero-order valence-electron chi connectivity index (χ0n) is 21.3. The molecule has 9 nitrogen and oxygen atoms in total. The minimum Gasteiger partial charge on any atom is -0.504 e. The Morgan fingerprint density at radius 1 is 1.18 bits per heavy atom. The number of nitrogens with zero attached hydrogens (tertiary/aromatic N) is 2. The number of hydrogen-bond donors (Lipinski definition) is 5. The van der Waals surface area contributed by atoms with Gasteiger partial charge in [-0.25, -0.2) is 0 Å². The number of phenolic OH excluding ortho intramolecular Hbond substituents is 2. The number of nitrogens with one attached hydrogen (secondary N) is 1. The molecule has 1 amide bonds. The molecule has 0 saturated carbocycles. The number of carbonyl (C=O) groups excluding carboxylic acids is 1. The summed E-state index contributed by atoms with van der Waals surface area (Å²) in [5.74, 6) is 0.00694. The number of benzene rings is 3. The van der Waals surface area contributed by atoms with Gasteiger partial charge in [0.25, 0.3) is 0 Å². The van der Waals surface area contributed by atoms with Gasteiger partial charge in [0.1, 0.15) is 11.9 Å². The standard InChI is InChI=1S/C28H32ClN5O4/c1-16(30)34-23-11-10-20(38-2)14-21(23)26(17-6-8-19(29)9-7-17)33-22(28(34)31)15-25(36)32-13-12-18-4-3-5-24(35)27(18)37/h3-11,14,16,22,28,35,37H,12-13,15,30-31H2,1-2H3,(H,32,36)/t16?,22-,28?/m0/s1. The highest BCUT2D eigenvalue weighted by Gasteiger charge is 2.34. The van der Waals surface area contributed by atoms with Crippen LogP contribution in [0.2, 0.25) is 5.02 Å². The van der Waals surface area contributed by atoms with Crippen LogP contribution in [0.15, 0.2) is 65.7 Å². The summed E-state index contributed by atoms with van der Waals surface area (Å²) in [4.78, 5) is 19.9. The Morgan fingerprint density at radius 2 is 1.92 bits per heavy atom. The summed E-state index contributed by atoms with van der Waals surface area (Å²) in [5.41, 5.74) is 16.7. The number of para-hydroxylation sites is 1. The number of methoxy groups -OCH3 is 1. The number of phenols is 2. The van der Waals surface area contributed by atoms with Crippen LogP contribution in [0.3, 0.4) is 0 Å². The largest absolute Gasteiger partial charge is 0.504 e. The number of amides is 1. The van der Waals surface area contributed by atoms with Gasteiger partial charge >= 0.3 is 0 Å². The zero-order chi connectivity index (χ0) is 27.4. The predicted octanol–water partition coefficient (Wildman–Crippen LogP) is 3.12. The van der Waals surface area contributed by atoms with Crippen LogP contribution in [0.4, 0.5) is 5.69 Å². The van der Waals surface area contributed by atoms with Crippen LogP contribution in [-0.2, 0) is 11.2 Å². The molecule has 0 fully saturated rings. The fourth-order valence-corrected chi connectivity index (χ4v) is 4.71. The monoisotopic (exact) mass is 537 g/mol. The van der Waals surface area contributed by atoms with Gasteiger partial charge in [-0.1, -0.05) is 35.9 Å². The Balaban J connectivity index is 1.64. The first kappa shape index (κ1) is 27.3. The van der Waals surface area contributed by atoms with Crippen molar-refractivity contribution in [2.24, 2.45) is 16.5 Å². The lowest BCUT2D eigenvalue weighted by Gasteiger charge is -2.36. The van der Waals surface area contributed by atoms with Crippen LogP contribution in [0.25, 0.3) is 0 Å². The highest BCUT2D eigenvalue weighted by Crippen LogP contribution is 2.34. The molecule has 0 aromatic heterocycles. The second kappa shape index (κ2) is 11.7. The zero-order valence-corrected chi connectivity index (χ0v) is 22.0. The van der Waals surface area contributed by atoms with Gasteiger partial charge in [-0.2, -0.15) is 0 Å². The van der Waals surface area contributed by atoms with Gasteiger partial charge < -0.3 is 36.6 Å². The van der Waals surface area contributed by atoms with Crippen molar-refractivity contribution < 1.29 is 19.7 Å². The topological polar surface area (TPSA) is 146 Å². The smallest absolute Gasteiger partial charge is 0.222 e. The summed E-state index contributed by atoms with van der Waals surface area (Å²) in [7, 11) is 1.59. The van der Waals surface area contributed by atoms with Gasteiger partial charge in [-0.3, -0.25) is 9.79 Å². The van der Waals surface area contributed by atoms with E-state index >= 15 is 0 Å². The maximum Gasteiger partial charge on any atom is 0.222 e. The summed E-state index contributed by atoms with van der Waals surface area (Å²) in [5, 5.41) is 23.2. The molecule has 2 unspecified atom stereocenters. The Labute approximate surface area is 226 Å². The number of aromatic hydroxyl groups is 2. The van der Waals surface area contributed by atoms with Crippen molar-refractivity contribution in [2.45, 2.75) is 38.1 Å². The number of rotatable bonds is 8. The molecule has 3 aromatic rings. The maximum absolute atomic E-state index is 13.0. The van der Waals surface area contributed by atoms with Gasteiger partial charge in [0.2, 0.25) is 5.91 Å². The van der Waals surface area contributed by atoms with E-state index in [0.29, 0.717) is 28.5 Å². The molecule has 38 heavy (non-hydrogen) atoms. The minimum atomic E-state index is -0.687. The third kappa shape index (κ3) is 5.85. The number of halogens is 1. The summed E-state index contributed by atoms with van der Waals surface area (Å²) in [6.45, 7) is 2.10. The molecule has 1 aliphatic rings. The van der Waals surface area contributed by atoms with E-state index in [1.54, 1.807) is 31.4 Å². The first-order valence-corrected chi connectivity index (χ1v) is 12.7.